The van der Waals surface area contributed by atoms with Crippen molar-refractivity contribution in [3.05, 3.63) is 40.2 Å². The van der Waals surface area contributed by atoms with E-state index < -0.39 is 17.1 Å². The summed E-state index contributed by atoms with van der Waals surface area (Å²) >= 11 is 1.13. The summed E-state index contributed by atoms with van der Waals surface area (Å²) in [5.41, 5.74) is -0.129. The van der Waals surface area contributed by atoms with Crippen LogP contribution in [0.3, 0.4) is 0 Å². The van der Waals surface area contributed by atoms with Gasteiger partial charge in [0.25, 0.3) is 5.91 Å². The molecule has 3 rings (SSSR count). The number of nitrogens with zero attached hydrogens (tertiary/aromatic N) is 4. The van der Waals surface area contributed by atoms with Crippen molar-refractivity contribution < 1.29 is 18.7 Å². The van der Waals surface area contributed by atoms with E-state index in [-0.39, 0.29) is 16.6 Å². The number of amides is 1. The molecule has 0 saturated carbocycles. The molecule has 0 unspecified atom stereocenters. The quantitative estimate of drug-likeness (QED) is 0.546. The zero-order chi connectivity index (χ0) is 21.9. The summed E-state index contributed by atoms with van der Waals surface area (Å²) in [6.07, 6.45) is 1.64. The lowest BCUT2D eigenvalue weighted by Crippen LogP contribution is -2.36. The van der Waals surface area contributed by atoms with E-state index in [1.807, 2.05) is 26.8 Å². The van der Waals surface area contributed by atoms with Gasteiger partial charge < -0.3 is 19.2 Å². The number of carbonyl (C=O) groups is 1. The predicted molar refractivity (Wildman–Crippen MR) is 111 cm³/mol. The fourth-order valence-corrected chi connectivity index (χ4v) is 3.48. The zero-order valence-electron chi connectivity index (χ0n) is 17.2. The molecule has 11 nitrogen and oxygen atoms in total. The van der Waals surface area contributed by atoms with E-state index in [0.717, 1.165) is 17.0 Å². The molecule has 0 atom stereocenters. The second-order valence-corrected chi connectivity index (χ2v) is 7.97. The third-order valence-electron chi connectivity index (χ3n) is 3.96. The highest BCUT2D eigenvalue weighted by Crippen LogP contribution is 2.26. The fourth-order valence-electron chi connectivity index (χ4n) is 2.72. The number of aryl methyl sites for hydroxylation is 1. The van der Waals surface area contributed by atoms with Crippen LogP contribution in [-0.4, -0.2) is 52.3 Å². The molecule has 12 heteroatoms. The van der Waals surface area contributed by atoms with Crippen LogP contribution in [0.15, 0.2) is 27.5 Å². The van der Waals surface area contributed by atoms with Crippen LogP contribution in [0, 0.1) is 6.92 Å². The Kier molecular flexibility index (Phi) is 6.17. The zero-order valence-corrected chi connectivity index (χ0v) is 18.0. The molecule has 0 aromatic carbocycles. The molecule has 0 saturated heterocycles. The summed E-state index contributed by atoms with van der Waals surface area (Å²) in [7, 11) is 2.92. The minimum Gasteiger partial charge on any atom is -0.488 e. The van der Waals surface area contributed by atoms with Crippen LogP contribution in [0.2, 0.25) is 0 Å². The maximum atomic E-state index is 12.7. The van der Waals surface area contributed by atoms with E-state index in [0.29, 0.717) is 17.4 Å². The summed E-state index contributed by atoms with van der Waals surface area (Å²) in [6.45, 7) is 5.99. The van der Waals surface area contributed by atoms with E-state index >= 15 is 0 Å². The van der Waals surface area contributed by atoms with Gasteiger partial charge in [0.15, 0.2) is 5.76 Å². The molecule has 0 bridgehead atoms. The third-order valence-corrected chi connectivity index (χ3v) is 4.78. The van der Waals surface area contributed by atoms with Crippen molar-refractivity contribution in [3.63, 3.8) is 0 Å². The fraction of sp³-hybridized carbons (Fsp3) is 0.389. The molecule has 0 aliphatic heterocycles. The third kappa shape index (κ3) is 4.66. The molecule has 0 spiro atoms. The van der Waals surface area contributed by atoms with Crippen molar-refractivity contribution in [2.24, 2.45) is 0 Å². The smallest absolute Gasteiger partial charge is 0.381 e. The molecular weight excluding hydrogens is 412 g/mol. The first-order valence-electron chi connectivity index (χ1n) is 8.89. The number of hydrogen-bond donors (Lipinski definition) is 2. The van der Waals surface area contributed by atoms with Gasteiger partial charge in [0, 0.05) is 25.1 Å². The van der Waals surface area contributed by atoms with Crippen LogP contribution < -0.4 is 21.0 Å². The Bertz CT molecular complexity index is 1100. The molecule has 1 amide bonds. The summed E-state index contributed by atoms with van der Waals surface area (Å²) in [6, 6.07) is 3.22. The van der Waals surface area contributed by atoms with E-state index in [1.165, 1.54) is 13.2 Å². The first-order chi connectivity index (χ1) is 14.2. The van der Waals surface area contributed by atoms with Crippen molar-refractivity contribution in [2.45, 2.75) is 26.3 Å². The van der Waals surface area contributed by atoms with Gasteiger partial charge in [0.1, 0.15) is 0 Å². The van der Waals surface area contributed by atoms with Crippen molar-refractivity contribution in [1.29, 1.82) is 0 Å². The normalized spacial score (nSPS) is 11.4. The van der Waals surface area contributed by atoms with Gasteiger partial charge in [0.05, 0.1) is 24.9 Å². The minimum absolute atomic E-state index is 0.0388. The lowest BCUT2D eigenvalue weighted by atomic mass is 10.1. The molecular formula is C18H22N6O5S. The van der Waals surface area contributed by atoms with E-state index in [9.17, 15) is 9.59 Å². The van der Waals surface area contributed by atoms with Gasteiger partial charge in [-0.2, -0.15) is 5.10 Å². The van der Waals surface area contributed by atoms with Gasteiger partial charge in [-0.3, -0.25) is 10.1 Å². The molecule has 0 aliphatic carbocycles. The molecule has 0 aliphatic rings. The first kappa shape index (κ1) is 21.5. The van der Waals surface area contributed by atoms with Crippen LogP contribution in [0.1, 0.15) is 30.1 Å². The Morgan fingerprint density at radius 3 is 2.73 bits per heavy atom. The molecule has 3 aromatic rings. The summed E-state index contributed by atoms with van der Waals surface area (Å²) in [5.74, 6) is -0.895. The highest BCUT2D eigenvalue weighted by Gasteiger charge is 2.24. The van der Waals surface area contributed by atoms with Crippen LogP contribution >= 0.6 is 11.3 Å². The topological polar surface area (TPSA) is 133 Å². The lowest BCUT2D eigenvalue weighted by Gasteiger charge is -2.27. The van der Waals surface area contributed by atoms with E-state index in [4.69, 9.17) is 13.9 Å². The molecule has 160 valence electrons. The lowest BCUT2D eigenvalue weighted by molar-refractivity contribution is 0.0991. The molecule has 0 fully saturated rings. The summed E-state index contributed by atoms with van der Waals surface area (Å²) in [4.78, 5) is 25.0. The Labute approximate surface area is 176 Å². The van der Waals surface area contributed by atoms with E-state index in [1.54, 1.807) is 18.0 Å². The maximum Gasteiger partial charge on any atom is 0.381 e. The second kappa shape index (κ2) is 8.63. The van der Waals surface area contributed by atoms with Gasteiger partial charge in [-0.25, -0.2) is 9.48 Å². The van der Waals surface area contributed by atoms with E-state index in [2.05, 4.69) is 25.9 Å². The molecule has 3 heterocycles. The minimum atomic E-state index is -0.786. The SMILES string of the molecule is COCC(C)(C)Nc1cc(C(=O)Nc2nnc(-n3nccc3C)s2)oc(=O)c1OC. The average Bonchev–Trinajstić information content (AvgIpc) is 3.29. The number of methoxy groups -OCH3 is 2. The molecule has 30 heavy (non-hydrogen) atoms. The number of anilines is 2. The van der Waals surface area contributed by atoms with Gasteiger partial charge in [-0.05, 0) is 26.8 Å². The van der Waals surface area contributed by atoms with Crippen molar-refractivity contribution >= 4 is 28.1 Å². The monoisotopic (exact) mass is 434 g/mol. The number of nitrogens with one attached hydrogen (secondary N) is 2. The maximum absolute atomic E-state index is 12.7. The Balaban J connectivity index is 1.85. The van der Waals surface area contributed by atoms with Crippen LogP contribution in [-0.2, 0) is 4.74 Å². The van der Waals surface area contributed by atoms with Crippen molar-refractivity contribution in [2.75, 3.05) is 31.5 Å². The Hall–Kier alpha value is -3.25. The Morgan fingerprint density at radius 2 is 2.10 bits per heavy atom. The van der Waals surface area contributed by atoms with Crippen molar-refractivity contribution in [3.8, 4) is 10.9 Å². The molecule has 2 N–H and O–H groups in total. The van der Waals surface area contributed by atoms with Gasteiger partial charge in [-0.15, -0.1) is 10.2 Å². The first-order valence-corrected chi connectivity index (χ1v) is 9.71. The largest absolute Gasteiger partial charge is 0.488 e. The Morgan fingerprint density at radius 1 is 1.33 bits per heavy atom. The summed E-state index contributed by atoms with van der Waals surface area (Å²) in [5, 5.41) is 18.5. The summed E-state index contributed by atoms with van der Waals surface area (Å²) < 4.78 is 17.0. The predicted octanol–water partition coefficient (Wildman–Crippen LogP) is 2.08. The number of hydrogen-bond acceptors (Lipinski definition) is 10. The van der Waals surface area contributed by atoms with Crippen LogP contribution in [0.4, 0.5) is 10.8 Å². The number of carbonyl (C=O) groups excluding carboxylic acids is 1. The van der Waals surface area contributed by atoms with Crippen LogP contribution in [0.5, 0.6) is 5.75 Å². The van der Waals surface area contributed by atoms with Gasteiger partial charge >= 0.3 is 5.63 Å². The van der Waals surface area contributed by atoms with Crippen molar-refractivity contribution in [1.82, 2.24) is 20.0 Å². The number of aromatic nitrogens is 4. The van der Waals surface area contributed by atoms with Gasteiger partial charge in [-0.1, -0.05) is 11.3 Å². The number of ether oxygens (including phenoxy) is 2. The second-order valence-electron chi connectivity index (χ2n) is 7.02. The average molecular weight is 434 g/mol. The highest BCUT2D eigenvalue weighted by atomic mass is 32.1. The molecule has 0 radical (unpaired) electrons. The number of rotatable bonds is 8. The van der Waals surface area contributed by atoms with Crippen LogP contribution in [0.25, 0.3) is 5.13 Å². The standard InChI is InChI=1S/C18H22N6O5S/c1-10-6-7-19-24(10)17-23-22-16(30-17)20-14(25)12-8-11(13(28-5)15(26)29-12)21-18(2,3)9-27-4/h6-8,21H,9H2,1-5H3,(H,20,22,25). The highest BCUT2D eigenvalue weighted by molar-refractivity contribution is 7.17. The molecule has 3 aromatic heterocycles. The van der Waals surface area contributed by atoms with Gasteiger partial charge in [0.2, 0.25) is 16.0 Å².